The van der Waals surface area contributed by atoms with Crippen LogP contribution >= 0.6 is 23.5 Å². The van der Waals surface area contributed by atoms with Crippen LogP contribution in [0.2, 0.25) is 0 Å². The molecule has 0 spiro atoms. The molecule has 4 aliphatic heterocycles. The average molecular weight is 890 g/mol. The molecule has 368 valence electrons. The van der Waals surface area contributed by atoms with Crippen LogP contribution in [0.5, 0.6) is 0 Å². The van der Waals surface area contributed by atoms with E-state index in [1.54, 1.807) is 0 Å². The highest BCUT2D eigenvalue weighted by Crippen LogP contribution is 2.30. The van der Waals surface area contributed by atoms with Crippen molar-refractivity contribution in [1.29, 1.82) is 0 Å². The van der Waals surface area contributed by atoms with E-state index in [9.17, 15) is 0 Å². The Labute approximate surface area is 393 Å². The molecule has 4 saturated heterocycles. The molecule has 6 rings (SSSR count). The minimum Gasteiger partial charge on any atom is -0.378 e. The first-order valence-electron chi connectivity index (χ1n) is 26.6. The van der Waals surface area contributed by atoms with E-state index in [4.69, 9.17) is 9.47 Å². The summed E-state index contributed by atoms with van der Waals surface area (Å²) in [6, 6.07) is 0. The van der Waals surface area contributed by atoms with Gasteiger partial charge >= 0.3 is 0 Å². The van der Waals surface area contributed by atoms with Gasteiger partial charge in [-0.15, -0.1) is 0 Å². The van der Waals surface area contributed by atoms with Crippen LogP contribution in [0.15, 0.2) is 24.3 Å². The zero-order chi connectivity index (χ0) is 47.9. The van der Waals surface area contributed by atoms with Crippen molar-refractivity contribution in [3.63, 3.8) is 0 Å². The molecule has 4 heteroatoms. The molecule has 4 heterocycles. The van der Waals surface area contributed by atoms with Gasteiger partial charge < -0.3 is 9.47 Å². The fraction of sp³-hybridized carbons (Fsp3) is 0.929. The van der Waals surface area contributed by atoms with E-state index in [1.807, 2.05) is 83.1 Å². The van der Waals surface area contributed by atoms with Crippen LogP contribution in [0.4, 0.5) is 0 Å². The summed E-state index contributed by atoms with van der Waals surface area (Å²) in [7, 11) is 0. The Kier molecular flexibility index (Phi) is 66.0. The van der Waals surface area contributed by atoms with E-state index in [-0.39, 0.29) is 0 Å². The third-order valence-corrected chi connectivity index (χ3v) is 15.3. The standard InChI is InChI=1S/2C8H14.2C7H14O.2C7H14S.6C2H6/c2*1-7-5-3-4-6-8(7)2;4*1-6-4-3-5-8-7(6)2;6*1-2/h2*3-4,7-8H,5-6H2,1-2H3;4*6-7H,3-5H2,1-2H3;6*1-2H3. The van der Waals surface area contributed by atoms with Crippen LogP contribution in [0, 0.1) is 47.3 Å². The number of thioether (sulfide) groups is 2. The molecule has 0 saturated carbocycles. The summed E-state index contributed by atoms with van der Waals surface area (Å²) in [6.45, 7) is 53.5. The predicted octanol–water partition coefficient (Wildman–Crippen LogP) is 20.1. The van der Waals surface area contributed by atoms with Crippen molar-refractivity contribution in [3.05, 3.63) is 24.3 Å². The Morgan fingerprint density at radius 3 is 0.683 bits per heavy atom. The lowest BCUT2D eigenvalue weighted by Crippen LogP contribution is -2.23. The van der Waals surface area contributed by atoms with Crippen LogP contribution in [0.3, 0.4) is 0 Å². The molecule has 0 aromatic heterocycles. The molecule has 0 aromatic carbocycles. The van der Waals surface area contributed by atoms with Gasteiger partial charge in [-0.25, -0.2) is 0 Å². The van der Waals surface area contributed by atoms with E-state index in [1.165, 1.54) is 88.6 Å². The Morgan fingerprint density at radius 1 is 0.317 bits per heavy atom. The summed E-state index contributed by atoms with van der Waals surface area (Å²) in [5, 5.41) is 1.84. The molecule has 2 nitrogen and oxygen atoms in total. The summed E-state index contributed by atoms with van der Waals surface area (Å²) in [4.78, 5) is 0. The summed E-state index contributed by atoms with van der Waals surface area (Å²) < 4.78 is 10.8. The van der Waals surface area contributed by atoms with Crippen LogP contribution in [-0.4, -0.2) is 47.4 Å². The van der Waals surface area contributed by atoms with Gasteiger partial charge in [-0.05, 0) is 150 Å². The summed E-state index contributed by atoms with van der Waals surface area (Å²) in [5.74, 6) is 9.95. The van der Waals surface area contributed by atoms with Gasteiger partial charge in [0.15, 0.2) is 0 Å². The molecule has 0 amide bonds. The Hall–Kier alpha value is 0.1000. The second-order valence-corrected chi connectivity index (χ2v) is 19.5. The highest BCUT2D eigenvalue weighted by molar-refractivity contribution is 8.00. The summed E-state index contributed by atoms with van der Waals surface area (Å²) in [5.41, 5.74) is 0. The SMILES string of the molecule is CC.CC.CC.CC.CC.CC.CC1CC=CCC1C.CC1CC=CCC1C.CC1CCCOC1C.CC1CCCOC1C.CC1CCCSC1C.CC1CCCSC1C. The fourth-order valence-corrected chi connectivity index (χ4v) is 8.81. The van der Waals surface area contributed by atoms with Crippen LogP contribution in [-0.2, 0) is 9.47 Å². The number of allylic oxidation sites excluding steroid dienone is 4. The molecule has 0 radical (unpaired) electrons. The van der Waals surface area contributed by atoms with Gasteiger partial charge in [0.2, 0.25) is 0 Å². The average Bonchev–Trinajstić information content (AvgIpc) is 3.30. The summed E-state index contributed by atoms with van der Waals surface area (Å²) in [6.07, 6.45) is 26.4. The van der Waals surface area contributed by atoms with Gasteiger partial charge in [0, 0.05) is 23.7 Å². The first-order chi connectivity index (χ1) is 28.8. The fourth-order valence-electron chi connectivity index (χ4n) is 6.47. The van der Waals surface area contributed by atoms with E-state index >= 15 is 0 Å². The lowest BCUT2D eigenvalue weighted by molar-refractivity contribution is -0.00798. The predicted molar refractivity (Wildman–Crippen MR) is 290 cm³/mol. The van der Waals surface area contributed by atoms with Gasteiger partial charge in [0.1, 0.15) is 0 Å². The normalized spacial score (nSPS) is 31.9. The maximum Gasteiger partial charge on any atom is 0.0572 e. The number of hydrogen-bond acceptors (Lipinski definition) is 4. The zero-order valence-electron chi connectivity index (χ0n) is 46.2. The summed E-state index contributed by atoms with van der Waals surface area (Å²) >= 11 is 4.25. The Morgan fingerprint density at radius 2 is 0.550 bits per heavy atom. The zero-order valence-corrected chi connectivity index (χ0v) is 47.8. The molecule has 12 atom stereocenters. The van der Waals surface area contributed by atoms with Gasteiger partial charge in [-0.2, -0.15) is 23.5 Å². The Bertz CT molecular complexity index is 645. The highest BCUT2D eigenvalue weighted by atomic mass is 32.2. The molecule has 4 fully saturated rings. The smallest absolute Gasteiger partial charge is 0.0572 e. The second kappa shape index (κ2) is 55.2. The Balaban J connectivity index is -0.000000139. The molecule has 12 unspecified atom stereocenters. The topological polar surface area (TPSA) is 18.5 Å². The van der Waals surface area contributed by atoms with Crippen LogP contribution in [0.1, 0.15) is 243 Å². The van der Waals surface area contributed by atoms with Crippen molar-refractivity contribution < 1.29 is 9.47 Å². The van der Waals surface area contributed by atoms with Gasteiger partial charge in [-0.1, -0.05) is 177 Å². The van der Waals surface area contributed by atoms with E-state index in [0.29, 0.717) is 12.2 Å². The van der Waals surface area contributed by atoms with E-state index < -0.39 is 0 Å². The lowest BCUT2D eigenvalue weighted by Gasteiger charge is -2.25. The van der Waals surface area contributed by atoms with Crippen molar-refractivity contribution in [2.24, 2.45) is 47.3 Å². The molecule has 6 aliphatic rings. The molecule has 0 N–H and O–H groups in total. The van der Waals surface area contributed by atoms with E-state index in [2.05, 4.69) is 131 Å². The van der Waals surface area contributed by atoms with Crippen molar-refractivity contribution in [1.82, 2.24) is 0 Å². The molecular formula is C56H120O2S2. The lowest BCUT2D eigenvalue weighted by atomic mass is 9.86. The molecule has 2 aliphatic carbocycles. The first kappa shape index (κ1) is 71.7. The number of hydrogen-bond donors (Lipinski definition) is 0. The van der Waals surface area contributed by atoms with Crippen molar-refractivity contribution in [2.75, 3.05) is 24.7 Å². The molecular weight excluding hydrogens is 769 g/mol. The second-order valence-electron chi connectivity index (χ2n) is 16.6. The number of ether oxygens (including phenoxy) is 2. The molecule has 60 heavy (non-hydrogen) atoms. The molecule has 0 bridgehead atoms. The third-order valence-electron chi connectivity index (χ3n) is 12.3. The minimum absolute atomic E-state index is 0.503. The largest absolute Gasteiger partial charge is 0.378 e. The number of rotatable bonds is 0. The quantitative estimate of drug-likeness (QED) is 0.226. The van der Waals surface area contributed by atoms with Crippen molar-refractivity contribution in [2.45, 2.75) is 266 Å². The molecule has 0 aromatic rings. The van der Waals surface area contributed by atoms with E-state index in [0.717, 1.165) is 71.1 Å². The first-order valence-corrected chi connectivity index (χ1v) is 28.7. The highest BCUT2D eigenvalue weighted by Gasteiger charge is 2.18. The van der Waals surface area contributed by atoms with Crippen LogP contribution < -0.4 is 0 Å². The third kappa shape index (κ3) is 43.4. The monoisotopic (exact) mass is 889 g/mol. The minimum atomic E-state index is 0.503. The maximum absolute atomic E-state index is 5.39. The van der Waals surface area contributed by atoms with Crippen molar-refractivity contribution >= 4 is 23.5 Å². The van der Waals surface area contributed by atoms with Gasteiger partial charge in [0.05, 0.1) is 12.2 Å². The van der Waals surface area contributed by atoms with Crippen molar-refractivity contribution in [3.8, 4) is 0 Å². The van der Waals surface area contributed by atoms with Gasteiger partial charge in [-0.3, -0.25) is 0 Å². The maximum atomic E-state index is 5.39. The van der Waals surface area contributed by atoms with Gasteiger partial charge in [0.25, 0.3) is 0 Å². The van der Waals surface area contributed by atoms with Crippen LogP contribution in [0.25, 0.3) is 0 Å².